The molecular formula is C42H48N6O11S. The second-order valence-electron chi connectivity index (χ2n) is 17.8. The summed E-state index contributed by atoms with van der Waals surface area (Å²) in [7, 11) is -3.89. The number of H-pyrrole nitrogens is 1. The SMILES string of the molecule is C=C[C@]12C=C1[C@]2(NC(=O)[C@@H]1CCCN1C(=O)[C@@H](NC(=O)OCC(C)(C)COc1cccc(-c2nc3c4c(ccc3[nH]c2=O)OCO4)c1)C(C)(C)C)C(=O)NS(=O)(=O)C1CC1. The summed E-state index contributed by atoms with van der Waals surface area (Å²) in [5.74, 6) is -0.507. The number of likely N-dealkylation sites (tertiary alicyclic amines) is 1. The first-order valence-electron chi connectivity index (χ1n) is 19.9. The first kappa shape index (κ1) is 40.9. The zero-order valence-electron chi connectivity index (χ0n) is 34.0. The van der Waals surface area contributed by atoms with Gasteiger partial charge in [-0.2, -0.15) is 0 Å². The van der Waals surface area contributed by atoms with Gasteiger partial charge in [-0.15, -0.1) is 6.58 Å². The van der Waals surface area contributed by atoms with Crippen molar-refractivity contribution >= 4 is 44.9 Å². The largest absolute Gasteiger partial charge is 0.493 e. The van der Waals surface area contributed by atoms with E-state index in [1.807, 2.05) is 13.8 Å². The number of amides is 4. The highest BCUT2D eigenvalue weighted by molar-refractivity contribution is 7.91. The summed E-state index contributed by atoms with van der Waals surface area (Å²) in [5.41, 5.74) is -2.20. The maximum Gasteiger partial charge on any atom is 0.407 e. The Labute approximate surface area is 346 Å². The van der Waals surface area contributed by atoms with Gasteiger partial charge >= 0.3 is 6.09 Å². The van der Waals surface area contributed by atoms with Crippen molar-refractivity contribution in [3.63, 3.8) is 0 Å². The molecule has 2 aliphatic heterocycles. The summed E-state index contributed by atoms with van der Waals surface area (Å²) in [6, 6.07) is 8.26. The van der Waals surface area contributed by atoms with Crippen LogP contribution in [0.4, 0.5) is 4.79 Å². The molecule has 0 bridgehead atoms. The van der Waals surface area contributed by atoms with Crippen LogP contribution >= 0.6 is 0 Å². The molecule has 0 spiro atoms. The summed E-state index contributed by atoms with van der Waals surface area (Å²) in [6.07, 6.45) is 4.12. The molecule has 1 aromatic heterocycles. The summed E-state index contributed by atoms with van der Waals surface area (Å²) >= 11 is 0. The Morgan fingerprint density at radius 1 is 1.08 bits per heavy atom. The van der Waals surface area contributed by atoms with E-state index in [1.54, 1.807) is 63.2 Å². The van der Waals surface area contributed by atoms with Crippen LogP contribution in [0.2, 0.25) is 0 Å². The Hall–Kier alpha value is -5.91. The number of nitrogens with one attached hydrogen (secondary N) is 4. The molecule has 17 nitrogen and oxygen atoms in total. The van der Waals surface area contributed by atoms with Gasteiger partial charge in [0.2, 0.25) is 28.6 Å². The zero-order valence-corrected chi connectivity index (χ0v) is 34.8. The van der Waals surface area contributed by atoms with Gasteiger partial charge in [-0.3, -0.25) is 23.9 Å². The zero-order chi connectivity index (χ0) is 43.0. The number of hydrogen-bond donors (Lipinski definition) is 4. The normalized spacial score (nSPS) is 23.2. The molecule has 3 heterocycles. The number of nitrogens with zero attached hydrogens (tertiary/aromatic N) is 2. The number of hydrogen-bond acceptors (Lipinski definition) is 12. The van der Waals surface area contributed by atoms with Crippen molar-refractivity contribution in [3.8, 4) is 28.5 Å². The van der Waals surface area contributed by atoms with Crippen molar-refractivity contribution in [1.29, 1.82) is 0 Å². The fourth-order valence-electron chi connectivity index (χ4n) is 7.90. The smallest absolute Gasteiger partial charge is 0.407 e. The lowest BCUT2D eigenvalue weighted by molar-refractivity contribution is -0.142. The van der Waals surface area contributed by atoms with Crippen LogP contribution in [0.3, 0.4) is 0 Å². The molecule has 60 heavy (non-hydrogen) atoms. The molecule has 18 heteroatoms. The minimum atomic E-state index is -3.89. The van der Waals surface area contributed by atoms with Gasteiger partial charge in [-0.05, 0) is 60.9 Å². The molecule has 2 aromatic carbocycles. The predicted octanol–water partition coefficient (Wildman–Crippen LogP) is 3.45. The fourth-order valence-corrected chi connectivity index (χ4v) is 9.23. The van der Waals surface area contributed by atoms with E-state index in [-0.39, 0.29) is 37.8 Å². The van der Waals surface area contributed by atoms with Crippen LogP contribution in [0.25, 0.3) is 22.3 Å². The van der Waals surface area contributed by atoms with E-state index in [9.17, 15) is 32.4 Å². The first-order valence-corrected chi connectivity index (χ1v) is 21.4. The third kappa shape index (κ3) is 7.23. The van der Waals surface area contributed by atoms with E-state index in [1.165, 1.54) is 11.0 Å². The minimum absolute atomic E-state index is 0.0589. The Morgan fingerprint density at radius 2 is 1.85 bits per heavy atom. The van der Waals surface area contributed by atoms with Crippen molar-refractivity contribution < 1.29 is 46.5 Å². The summed E-state index contributed by atoms with van der Waals surface area (Å²) in [6.45, 7) is 13.1. The quantitative estimate of drug-likeness (QED) is 0.171. The number of alkyl carbamates (subject to hydrolysis) is 1. The van der Waals surface area contributed by atoms with Crippen LogP contribution in [0, 0.1) is 16.2 Å². The molecule has 0 unspecified atom stereocenters. The summed E-state index contributed by atoms with van der Waals surface area (Å²) in [4.78, 5) is 76.6. The van der Waals surface area contributed by atoms with Crippen molar-refractivity contribution in [1.82, 2.24) is 30.2 Å². The predicted molar refractivity (Wildman–Crippen MR) is 217 cm³/mol. The van der Waals surface area contributed by atoms with Crippen LogP contribution in [-0.2, 0) is 29.1 Å². The van der Waals surface area contributed by atoms with Crippen LogP contribution in [0.15, 0.2) is 65.5 Å². The van der Waals surface area contributed by atoms with Gasteiger partial charge in [0.25, 0.3) is 11.5 Å². The van der Waals surface area contributed by atoms with E-state index >= 15 is 0 Å². The van der Waals surface area contributed by atoms with E-state index in [0.717, 1.165) is 0 Å². The molecule has 5 aliphatic rings. The lowest BCUT2D eigenvalue weighted by Crippen LogP contribution is -2.61. The third-order valence-corrected chi connectivity index (χ3v) is 13.4. The highest BCUT2D eigenvalue weighted by Gasteiger charge is 2.85. The molecule has 1 saturated heterocycles. The number of benzene rings is 2. The van der Waals surface area contributed by atoms with Gasteiger partial charge in [0, 0.05) is 17.5 Å². The van der Waals surface area contributed by atoms with Crippen LogP contribution in [0.1, 0.15) is 60.3 Å². The van der Waals surface area contributed by atoms with E-state index in [0.29, 0.717) is 65.1 Å². The minimum Gasteiger partial charge on any atom is -0.493 e. The average Bonchev–Trinajstić information content (AvgIpc) is 4.15. The van der Waals surface area contributed by atoms with Crippen LogP contribution < -0.4 is 35.1 Å². The van der Waals surface area contributed by atoms with E-state index in [4.69, 9.17) is 18.9 Å². The Bertz CT molecular complexity index is 2540. The number of sulfonamides is 1. The average molecular weight is 845 g/mol. The van der Waals surface area contributed by atoms with Gasteiger partial charge in [0.1, 0.15) is 35.7 Å². The lowest BCUT2D eigenvalue weighted by Gasteiger charge is -2.36. The van der Waals surface area contributed by atoms with Crippen LogP contribution in [-0.4, -0.2) is 96.5 Å². The monoisotopic (exact) mass is 844 g/mol. The number of ether oxygens (including phenoxy) is 4. The standard InChI is InChI=1S/C42H48N6O11S/c1-7-41-19-29(41)42(41,37(52)47-60(54,55)25-13-14-25)46-34(49)27-12-9-17-48(27)36(51)33(39(2,3)4)45-38(53)57-21-40(5,6)20-56-24-11-8-10-23(18-24)30-35(50)43-26-15-16-28-32(31(26)44-30)59-22-58-28/h7-8,10-11,15-16,18-19,25,27,33H,1,9,12-14,17,20-22H2,2-6H3,(H,43,50)(H,45,53)(H,46,49)(H,47,52)/t27-,33+,41-,42-/m0/s1. The third-order valence-electron chi connectivity index (χ3n) is 11.6. The maximum absolute atomic E-state index is 14.2. The number of carbonyl (C=O) groups is 4. The van der Waals surface area contributed by atoms with Gasteiger partial charge in [0.05, 0.1) is 22.8 Å². The Kier molecular flexibility index (Phi) is 9.79. The molecule has 2 saturated carbocycles. The molecule has 3 fully saturated rings. The number of aromatic amines is 1. The Morgan fingerprint density at radius 3 is 2.53 bits per heavy atom. The number of rotatable bonds is 14. The van der Waals surface area contributed by atoms with Gasteiger partial charge in [0.15, 0.2) is 17.0 Å². The first-order chi connectivity index (χ1) is 28.3. The molecule has 0 radical (unpaired) electrons. The van der Waals surface area contributed by atoms with Gasteiger partial charge < -0.3 is 39.5 Å². The molecule has 318 valence electrons. The fraction of sp³-hybridized carbons (Fsp3) is 0.476. The highest BCUT2D eigenvalue weighted by atomic mass is 32.2. The van der Waals surface area contributed by atoms with Crippen molar-refractivity contribution in [2.24, 2.45) is 16.2 Å². The van der Waals surface area contributed by atoms with Crippen LogP contribution in [0.5, 0.6) is 17.2 Å². The highest BCUT2D eigenvalue weighted by Crippen LogP contribution is 2.76. The molecule has 3 aliphatic carbocycles. The molecule has 4 amide bonds. The molecule has 4 N–H and O–H groups in total. The lowest BCUT2D eigenvalue weighted by atomic mass is 9.85. The summed E-state index contributed by atoms with van der Waals surface area (Å²) < 4.78 is 50.2. The Balaban J connectivity index is 0.881. The second kappa shape index (κ2) is 14.4. The maximum atomic E-state index is 14.2. The van der Waals surface area contributed by atoms with Crippen molar-refractivity contribution in [3.05, 3.63) is 71.1 Å². The van der Waals surface area contributed by atoms with Gasteiger partial charge in [-0.1, -0.05) is 58.9 Å². The topological polar surface area (TPSA) is 224 Å². The molecule has 4 atom stereocenters. The van der Waals surface area contributed by atoms with E-state index < -0.39 is 73.0 Å². The number of fused-ring (bicyclic) bond motifs is 4. The van der Waals surface area contributed by atoms with E-state index in [2.05, 4.69) is 31.9 Å². The molecule has 3 aromatic rings. The second-order valence-corrected chi connectivity index (χ2v) is 19.8. The summed E-state index contributed by atoms with van der Waals surface area (Å²) in [5, 5.41) is 4.85. The van der Waals surface area contributed by atoms with Crippen molar-refractivity contribution in [2.45, 2.75) is 83.2 Å². The number of aromatic nitrogens is 2. The molecular weight excluding hydrogens is 797 g/mol. The van der Waals surface area contributed by atoms with Gasteiger partial charge in [-0.25, -0.2) is 18.2 Å². The molecule has 8 rings (SSSR count). The van der Waals surface area contributed by atoms with Crippen molar-refractivity contribution in [2.75, 3.05) is 26.6 Å². The number of carbonyl (C=O) groups excluding carboxylic acids is 4.